The van der Waals surface area contributed by atoms with E-state index in [1.165, 1.54) is 18.2 Å². The molecule has 0 fully saturated rings. The van der Waals surface area contributed by atoms with E-state index < -0.39 is 11.6 Å². The van der Waals surface area contributed by atoms with Gasteiger partial charge in [0.15, 0.2) is 0 Å². The van der Waals surface area contributed by atoms with Crippen molar-refractivity contribution >= 4 is 28.9 Å². The molecule has 0 unspecified atom stereocenters. The van der Waals surface area contributed by atoms with Crippen LogP contribution in [0.4, 0.5) is 14.5 Å². The number of nitriles is 1. The second-order valence-electron chi connectivity index (χ2n) is 4.02. The Morgan fingerprint density at radius 1 is 1.10 bits per heavy atom. The Morgan fingerprint density at radius 3 is 2.35 bits per heavy atom. The molecule has 20 heavy (non-hydrogen) atoms. The van der Waals surface area contributed by atoms with Crippen LogP contribution in [0, 0.1) is 23.0 Å². The molecule has 0 amide bonds. The molecule has 2 aromatic rings. The molecule has 2 aromatic carbocycles. The summed E-state index contributed by atoms with van der Waals surface area (Å²) in [6, 6.07) is 8.17. The van der Waals surface area contributed by atoms with Gasteiger partial charge in [-0.05, 0) is 30.3 Å². The highest BCUT2D eigenvalue weighted by Crippen LogP contribution is 2.31. The van der Waals surface area contributed by atoms with E-state index in [-0.39, 0.29) is 16.6 Å². The van der Waals surface area contributed by atoms with Crippen LogP contribution in [0.1, 0.15) is 11.1 Å². The molecule has 0 atom stereocenters. The third-order valence-corrected chi connectivity index (χ3v) is 3.23. The molecule has 2 nitrogen and oxygen atoms in total. The van der Waals surface area contributed by atoms with Gasteiger partial charge in [0.2, 0.25) is 0 Å². The van der Waals surface area contributed by atoms with Gasteiger partial charge in [-0.15, -0.1) is 0 Å². The lowest BCUT2D eigenvalue weighted by molar-refractivity contribution is 0.612. The second-order valence-corrected chi connectivity index (χ2v) is 4.83. The van der Waals surface area contributed by atoms with E-state index in [2.05, 4.69) is 5.32 Å². The van der Waals surface area contributed by atoms with Crippen molar-refractivity contribution in [3.05, 3.63) is 63.1 Å². The Morgan fingerprint density at radius 2 is 1.75 bits per heavy atom. The molecule has 102 valence electrons. The monoisotopic (exact) mass is 312 g/mol. The molecule has 0 bridgehead atoms. The van der Waals surface area contributed by atoms with E-state index in [9.17, 15) is 8.78 Å². The molecule has 0 spiro atoms. The number of halogens is 4. The molecule has 6 heteroatoms. The summed E-state index contributed by atoms with van der Waals surface area (Å²) < 4.78 is 26.6. The van der Waals surface area contributed by atoms with Crippen molar-refractivity contribution in [2.75, 3.05) is 5.32 Å². The van der Waals surface area contributed by atoms with Crippen LogP contribution in [0.25, 0.3) is 0 Å². The van der Waals surface area contributed by atoms with Gasteiger partial charge in [-0.2, -0.15) is 5.26 Å². The summed E-state index contributed by atoms with van der Waals surface area (Å²) in [5, 5.41) is 11.8. The normalized spacial score (nSPS) is 10.2. The predicted octanol–water partition coefficient (Wildman–Crippen LogP) is 4.76. The van der Waals surface area contributed by atoms with Crippen LogP contribution < -0.4 is 5.32 Å². The maximum Gasteiger partial charge on any atom is 0.128 e. The van der Waals surface area contributed by atoms with E-state index in [4.69, 9.17) is 28.5 Å². The summed E-state index contributed by atoms with van der Waals surface area (Å²) in [6.45, 7) is 0.0758. The molecule has 0 aliphatic rings. The highest BCUT2D eigenvalue weighted by atomic mass is 35.5. The summed E-state index contributed by atoms with van der Waals surface area (Å²) in [5.41, 5.74) is 0.955. The number of hydrogen-bond acceptors (Lipinski definition) is 2. The SMILES string of the molecule is N#Cc1ccc(F)c(CNc2c(Cl)cc(F)cc2Cl)c1. The maximum absolute atomic E-state index is 13.6. The van der Waals surface area contributed by atoms with Gasteiger partial charge in [0, 0.05) is 12.1 Å². The van der Waals surface area contributed by atoms with Gasteiger partial charge < -0.3 is 5.32 Å². The predicted molar refractivity (Wildman–Crippen MR) is 74.9 cm³/mol. The van der Waals surface area contributed by atoms with Crippen molar-refractivity contribution in [3.8, 4) is 6.07 Å². The van der Waals surface area contributed by atoms with Crippen LogP contribution in [0.15, 0.2) is 30.3 Å². The average Bonchev–Trinajstić information content (AvgIpc) is 2.39. The molecular formula is C14H8Cl2F2N2. The van der Waals surface area contributed by atoms with Crippen molar-refractivity contribution in [1.82, 2.24) is 0 Å². The minimum Gasteiger partial charge on any atom is -0.378 e. The molecule has 0 radical (unpaired) electrons. The molecule has 1 N–H and O–H groups in total. The van der Waals surface area contributed by atoms with Gasteiger partial charge in [-0.25, -0.2) is 8.78 Å². The van der Waals surface area contributed by atoms with Gasteiger partial charge in [-0.1, -0.05) is 23.2 Å². The number of anilines is 1. The van der Waals surface area contributed by atoms with Crippen LogP contribution in [0.3, 0.4) is 0 Å². The highest BCUT2D eigenvalue weighted by molar-refractivity contribution is 6.39. The van der Waals surface area contributed by atoms with Crippen molar-refractivity contribution in [2.45, 2.75) is 6.54 Å². The Bertz CT molecular complexity index is 673. The molecule has 2 rings (SSSR count). The first-order valence-corrected chi connectivity index (χ1v) is 6.34. The van der Waals surface area contributed by atoms with E-state index in [1.54, 1.807) is 0 Å². The average molecular weight is 313 g/mol. The molecule has 0 aliphatic carbocycles. The summed E-state index contributed by atoms with van der Waals surface area (Å²) in [4.78, 5) is 0. The van der Waals surface area contributed by atoms with Crippen molar-refractivity contribution in [2.24, 2.45) is 0 Å². The molecule has 0 aromatic heterocycles. The van der Waals surface area contributed by atoms with Crippen LogP contribution in [0.2, 0.25) is 10.0 Å². The number of benzene rings is 2. The minimum absolute atomic E-state index is 0.0758. The lowest BCUT2D eigenvalue weighted by Gasteiger charge is -2.11. The topological polar surface area (TPSA) is 35.8 Å². The lowest BCUT2D eigenvalue weighted by atomic mass is 10.1. The van der Waals surface area contributed by atoms with Gasteiger partial charge in [0.05, 0.1) is 27.4 Å². The molecule has 0 saturated heterocycles. The number of nitrogens with one attached hydrogen (secondary N) is 1. The Balaban J connectivity index is 2.24. The third-order valence-electron chi connectivity index (χ3n) is 2.64. The summed E-state index contributed by atoms with van der Waals surface area (Å²) in [6.07, 6.45) is 0. The number of hydrogen-bond donors (Lipinski definition) is 1. The molecule has 0 saturated carbocycles. The van der Waals surface area contributed by atoms with Crippen molar-refractivity contribution in [3.63, 3.8) is 0 Å². The Kier molecular flexibility index (Phi) is 4.43. The largest absolute Gasteiger partial charge is 0.378 e. The smallest absolute Gasteiger partial charge is 0.128 e. The van der Waals surface area contributed by atoms with Gasteiger partial charge in [-0.3, -0.25) is 0 Å². The van der Waals surface area contributed by atoms with Gasteiger partial charge in [0.1, 0.15) is 11.6 Å². The Labute approximate surface area is 124 Å². The van der Waals surface area contributed by atoms with Crippen LogP contribution in [-0.4, -0.2) is 0 Å². The quantitative estimate of drug-likeness (QED) is 0.887. The summed E-state index contributed by atoms with van der Waals surface area (Å²) in [5.74, 6) is -1.01. The van der Waals surface area contributed by atoms with Crippen LogP contribution in [0.5, 0.6) is 0 Å². The number of rotatable bonds is 3. The first-order chi connectivity index (χ1) is 9.51. The first-order valence-electron chi connectivity index (χ1n) is 5.58. The van der Waals surface area contributed by atoms with E-state index >= 15 is 0 Å². The fraction of sp³-hybridized carbons (Fsp3) is 0.0714. The molecular weight excluding hydrogens is 305 g/mol. The van der Waals surface area contributed by atoms with E-state index in [0.717, 1.165) is 12.1 Å². The number of nitrogens with zero attached hydrogens (tertiary/aromatic N) is 1. The fourth-order valence-electron chi connectivity index (χ4n) is 1.67. The molecule has 0 aliphatic heterocycles. The van der Waals surface area contributed by atoms with Crippen LogP contribution >= 0.6 is 23.2 Å². The van der Waals surface area contributed by atoms with Gasteiger partial charge >= 0.3 is 0 Å². The fourth-order valence-corrected chi connectivity index (χ4v) is 2.27. The zero-order valence-electron chi connectivity index (χ0n) is 10.1. The van der Waals surface area contributed by atoms with Crippen molar-refractivity contribution in [1.29, 1.82) is 5.26 Å². The third kappa shape index (κ3) is 3.19. The van der Waals surface area contributed by atoms with Gasteiger partial charge in [0.25, 0.3) is 0 Å². The maximum atomic E-state index is 13.6. The van der Waals surface area contributed by atoms with Crippen LogP contribution in [-0.2, 0) is 6.54 Å². The van der Waals surface area contributed by atoms with E-state index in [1.807, 2.05) is 6.07 Å². The van der Waals surface area contributed by atoms with Crippen molar-refractivity contribution < 1.29 is 8.78 Å². The zero-order chi connectivity index (χ0) is 14.7. The second kappa shape index (κ2) is 6.08. The molecule has 0 heterocycles. The summed E-state index contributed by atoms with van der Waals surface area (Å²) >= 11 is 11.7. The minimum atomic E-state index is -0.553. The highest BCUT2D eigenvalue weighted by Gasteiger charge is 2.10. The lowest BCUT2D eigenvalue weighted by Crippen LogP contribution is -2.03. The first kappa shape index (κ1) is 14.6. The standard InChI is InChI=1S/C14H8Cl2F2N2/c15-11-4-10(17)5-12(16)14(11)20-7-9-3-8(6-19)1-2-13(9)18/h1-5,20H,7H2. The van der Waals surface area contributed by atoms with E-state index in [0.29, 0.717) is 16.8 Å². The zero-order valence-corrected chi connectivity index (χ0v) is 11.6. The summed E-state index contributed by atoms with van der Waals surface area (Å²) in [7, 11) is 0. The Hall–Kier alpha value is -1.83.